The summed E-state index contributed by atoms with van der Waals surface area (Å²) in [6.45, 7) is 1.85. The lowest BCUT2D eigenvalue weighted by Gasteiger charge is -2.10. The number of hydrogen-bond donors (Lipinski definition) is 1. The zero-order valence-electron chi connectivity index (χ0n) is 10.8. The van der Waals surface area contributed by atoms with E-state index in [1.54, 1.807) is 0 Å². The fourth-order valence-electron chi connectivity index (χ4n) is 1.32. The molecule has 0 spiro atoms. The van der Waals surface area contributed by atoms with Crippen molar-refractivity contribution in [3.63, 3.8) is 0 Å². The zero-order valence-corrected chi connectivity index (χ0v) is 14.0. The second-order valence-electron chi connectivity index (χ2n) is 3.78. The molecule has 8 heteroatoms. The number of amides is 1. The molecular weight excluding hydrogens is 334 g/mol. The maximum Gasteiger partial charge on any atom is 0.239 e. The van der Waals surface area contributed by atoms with E-state index in [2.05, 4.69) is 15.5 Å². The van der Waals surface area contributed by atoms with Crippen LogP contribution in [0.1, 0.15) is 6.92 Å². The highest BCUT2D eigenvalue weighted by atomic mass is 35.5. The Morgan fingerprint density at radius 2 is 2.05 bits per heavy atom. The smallest absolute Gasteiger partial charge is 0.239 e. The van der Waals surface area contributed by atoms with Crippen LogP contribution in [0.2, 0.25) is 5.02 Å². The first kappa shape index (κ1) is 15.6. The van der Waals surface area contributed by atoms with Crippen molar-refractivity contribution in [1.82, 2.24) is 10.2 Å². The molecule has 1 amide bonds. The van der Waals surface area contributed by atoms with Crippen LogP contribution < -0.4 is 5.32 Å². The fraction of sp³-hybridized carbons (Fsp3) is 0.250. The van der Waals surface area contributed by atoms with Gasteiger partial charge in [0.25, 0.3) is 0 Å². The van der Waals surface area contributed by atoms with Crippen molar-refractivity contribution in [2.45, 2.75) is 21.4 Å². The molecule has 1 aromatic heterocycles. The molecule has 1 aromatic carbocycles. The average molecular weight is 346 g/mol. The predicted molar refractivity (Wildman–Crippen MR) is 87.1 cm³/mol. The number of halogens is 1. The third-order valence-corrected chi connectivity index (χ3v) is 5.49. The van der Waals surface area contributed by atoms with Crippen LogP contribution >= 0.6 is 46.5 Å². The van der Waals surface area contributed by atoms with Gasteiger partial charge in [-0.2, -0.15) is 0 Å². The van der Waals surface area contributed by atoms with Crippen molar-refractivity contribution in [2.24, 2.45) is 0 Å². The number of rotatable bonds is 5. The van der Waals surface area contributed by atoms with Crippen LogP contribution in [0.4, 0.5) is 5.13 Å². The van der Waals surface area contributed by atoms with Crippen molar-refractivity contribution in [2.75, 3.05) is 11.6 Å². The Morgan fingerprint density at radius 1 is 1.35 bits per heavy atom. The van der Waals surface area contributed by atoms with Gasteiger partial charge in [-0.3, -0.25) is 10.1 Å². The Morgan fingerprint density at radius 3 is 2.65 bits per heavy atom. The molecule has 1 N–H and O–H groups in total. The summed E-state index contributed by atoms with van der Waals surface area (Å²) in [6.07, 6.45) is 1.92. The van der Waals surface area contributed by atoms with Gasteiger partial charge >= 0.3 is 0 Å². The van der Waals surface area contributed by atoms with E-state index in [1.807, 2.05) is 37.4 Å². The van der Waals surface area contributed by atoms with Gasteiger partial charge in [0, 0.05) is 9.92 Å². The highest BCUT2D eigenvalue weighted by Crippen LogP contribution is 2.27. The summed E-state index contributed by atoms with van der Waals surface area (Å²) in [5.41, 5.74) is 0. The number of benzene rings is 1. The molecule has 106 valence electrons. The minimum Gasteiger partial charge on any atom is -0.300 e. The summed E-state index contributed by atoms with van der Waals surface area (Å²) in [4.78, 5) is 13.1. The highest BCUT2D eigenvalue weighted by Gasteiger charge is 2.16. The van der Waals surface area contributed by atoms with Crippen molar-refractivity contribution in [3.05, 3.63) is 29.3 Å². The van der Waals surface area contributed by atoms with Crippen LogP contribution in [-0.2, 0) is 4.79 Å². The topological polar surface area (TPSA) is 54.9 Å². The Balaban J connectivity index is 1.93. The van der Waals surface area contributed by atoms with E-state index < -0.39 is 0 Å². The number of nitrogens with zero attached hydrogens (tertiary/aromatic N) is 2. The number of nitrogens with one attached hydrogen (secondary N) is 1. The minimum atomic E-state index is -0.224. The van der Waals surface area contributed by atoms with Gasteiger partial charge in [0.15, 0.2) is 4.34 Å². The summed E-state index contributed by atoms with van der Waals surface area (Å²) in [5.74, 6) is -0.0891. The van der Waals surface area contributed by atoms with E-state index in [4.69, 9.17) is 11.6 Å². The van der Waals surface area contributed by atoms with Crippen LogP contribution in [0.25, 0.3) is 0 Å². The normalized spacial score (nSPS) is 12.2. The molecule has 20 heavy (non-hydrogen) atoms. The van der Waals surface area contributed by atoms with Crippen LogP contribution in [-0.4, -0.2) is 27.6 Å². The number of carbonyl (C=O) groups is 1. The predicted octanol–water partition coefficient (Wildman–Crippen LogP) is 4.03. The first-order valence-corrected chi connectivity index (χ1v) is 8.99. The second kappa shape index (κ2) is 7.31. The number of anilines is 1. The van der Waals surface area contributed by atoms with Gasteiger partial charge in [0.05, 0.1) is 5.25 Å². The largest absolute Gasteiger partial charge is 0.300 e. The summed E-state index contributed by atoms with van der Waals surface area (Å²) in [6, 6.07) is 7.41. The Hall–Kier alpha value is -0.760. The first-order valence-electron chi connectivity index (χ1n) is 5.69. The first-order chi connectivity index (χ1) is 9.58. The van der Waals surface area contributed by atoms with Crippen LogP contribution in [0, 0.1) is 0 Å². The van der Waals surface area contributed by atoms with E-state index in [1.165, 1.54) is 34.9 Å². The lowest BCUT2D eigenvalue weighted by molar-refractivity contribution is -0.115. The quantitative estimate of drug-likeness (QED) is 0.655. The molecule has 1 unspecified atom stereocenters. The molecule has 1 heterocycles. The number of carbonyl (C=O) groups excluding carboxylic acids is 1. The van der Waals surface area contributed by atoms with E-state index in [-0.39, 0.29) is 11.2 Å². The third-order valence-electron chi connectivity index (χ3n) is 2.31. The van der Waals surface area contributed by atoms with E-state index >= 15 is 0 Å². The molecule has 1 atom stereocenters. The van der Waals surface area contributed by atoms with Crippen molar-refractivity contribution in [3.8, 4) is 0 Å². The molecule has 0 saturated heterocycles. The minimum absolute atomic E-state index is 0.0891. The molecular formula is C12H12ClN3OS3. The third kappa shape index (κ3) is 4.37. The maximum absolute atomic E-state index is 12.1. The van der Waals surface area contributed by atoms with Crippen LogP contribution in [0.15, 0.2) is 33.5 Å². The highest BCUT2D eigenvalue weighted by molar-refractivity contribution is 8.00. The van der Waals surface area contributed by atoms with Gasteiger partial charge in [-0.25, -0.2) is 0 Å². The second-order valence-corrected chi connectivity index (χ2v) is 7.66. The average Bonchev–Trinajstić information content (AvgIpc) is 2.89. The van der Waals surface area contributed by atoms with Gasteiger partial charge in [-0.1, -0.05) is 34.7 Å². The number of hydrogen-bond acceptors (Lipinski definition) is 6. The molecule has 4 nitrogen and oxygen atoms in total. The van der Waals surface area contributed by atoms with E-state index in [9.17, 15) is 4.79 Å². The molecule has 0 bridgehead atoms. The van der Waals surface area contributed by atoms with Crippen molar-refractivity contribution in [1.29, 1.82) is 0 Å². The summed E-state index contributed by atoms with van der Waals surface area (Å²) < 4.78 is 0.832. The van der Waals surface area contributed by atoms with Crippen LogP contribution in [0.5, 0.6) is 0 Å². The Kier molecular flexibility index (Phi) is 5.71. The SMILES string of the molecule is CSc1nnc(NC(=O)C(C)Sc2ccc(Cl)cc2)s1. The van der Waals surface area contributed by atoms with E-state index in [0.29, 0.717) is 10.2 Å². The standard InChI is InChI=1S/C12H12ClN3OS3/c1-7(19-9-5-3-8(13)4-6-9)10(17)14-11-15-16-12(18-2)20-11/h3-7H,1-2H3,(H,14,15,17). The summed E-state index contributed by atoms with van der Waals surface area (Å²) in [5, 5.41) is 11.6. The molecule has 2 aromatic rings. The van der Waals surface area contributed by atoms with Gasteiger partial charge in [-0.05, 0) is 37.4 Å². The fourth-order valence-corrected chi connectivity index (χ4v) is 3.49. The van der Waals surface area contributed by atoms with Crippen LogP contribution in [0.3, 0.4) is 0 Å². The van der Waals surface area contributed by atoms with Gasteiger partial charge in [-0.15, -0.1) is 22.0 Å². The molecule has 0 saturated carbocycles. The Labute approximate surface area is 134 Å². The molecule has 0 aliphatic carbocycles. The monoisotopic (exact) mass is 345 g/mol. The lowest BCUT2D eigenvalue weighted by atomic mass is 10.4. The van der Waals surface area contributed by atoms with Crippen molar-refractivity contribution < 1.29 is 4.79 Å². The Bertz CT molecular complexity index is 588. The lowest BCUT2D eigenvalue weighted by Crippen LogP contribution is -2.22. The summed E-state index contributed by atoms with van der Waals surface area (Å²) in [7, 11) is 0. The zero-order chi connectivity index (χ0) is 14.5. The molecule has 0 aliphatic heterocycles. The number of aromatic nitrogens is 2. The van der Waals surface area contributed by atoms with Gasteiger partial charge < -0.3 is 0 Å². The maximum atomic E-state index is 12.1. The van der Waals surface area contributed by atoms with Gasteiger partial charge in [0.2, 0.25) is 11.0 Å². The molecule has 0 aliphatic rings. The van der Waals surface area contributed by atoms with E-state index in [0.717, 1.165) is 9.24 Å². The van der Waals surface area contributed by atoms with Crippen molar-refractivity contribution >= 4 is 57.5 Å². The molecule has 2 rings (SSSR count). The number of thioether (sulfide) groups is 2. The summed E-state index contributed by atoms with van der Waals surface area (Å²) >= 11 is 10.2. The van der Waals surface area contributed by atoms with Gasteiger partial charge in [0.1, 0.15) is 0 Å². The molecule has 0 radical (unpaired) electrons. The molecule has 0 fully saturated rings.